The van der Waals surface area contributed by atoms with Gasteiger partial charge in [-0.1, -0.05) is 6.92 Å². The van der Waals surface area contributed by atoms with Crippen molar-refractivity contribution < 1.29 is 5.11 Å². The van der Waals surface area contributed by atoms with Crippen molar-refractivity contribution in [1.82, 2.24) is 9.80 Å². The van der Waals surface area contributed by atoms with Gasteiger partial charge in [0, 0.05) is 25.7 Å². The van der Waals surface area contributed by atoms with Gasteiger partial charge in [-0.15, -0.1) is 0 Å². The third-order valence-corrected chi connectivity index (χ3v) is 4.75. The second kappa shape index (κ2) is 7.23. The number of hydrogen-bond acceptors (Lipinski definition) is 4. The molecule has 1 N–H and O–H groups in total. The number of rotatable bonds is 3. The molecule has 1 saturated heterocycles. The van der Waals surface area contributed by atoms with Gasteiger partial charge in [0.2, 0.25) is 0 Å². The zero-order valence-electron chi connectivity index (χ0n) is 12.1. The Bertz CT molecular complexity index is 315. The Labute approximate surface area is 117 Å². The molecule has 0 spiro atoms. The predicted molar refractivity (Wildman–Crippen MR) is 75.6 cm³/mol. The Morgan fingerprint density at radius 3 is 2.79 bits per heavy atom. The van der Waals surface area contributed by atoms with E-state index in [2.05, 4.69) is 22.8 Å². The smallest absolute Gasteiger partial charge is 0.0672 e. The number of aliphatic hydroxyl groups excluding tert-OH is 1. The molecule has 0 aromatic carbocycles. The number of aliphatic hydroxyl groups is 1. The number of nitriles is 1. The van der Waals surface area contributed by atoms with E-state index < -0.39 is 0 Å². The molecule has 1 saturated carbocycles. The van der Waals surface area contributed by atoms with Crippen molar-refractivity contribution in [2.45, 2.75) is 38.6 Å². The predicted octanol–water partition coefficient (Wildman–Crippen LogP) is 1.31. The molecule has 4 nitrogen and oxygen atoms in total. The van der Waals surface area contributed by atoms with Gasteiger partial charge in [0.25, 0.3) is 0 Å². The van der Waals surface area contributed by atoms with Gasteiger partial charge < -0.3 is 5.11 Å². The van der Waals surface area contributed by atoms with Crippen LogP contribution in [0.5, 0.6) is 0 Å². The molecule has 4 heteroatoms. The fourth-order valence-corrected chi connectivity index (χ4v) is 3.59. The molecule has 2 fully saturated rings. The van der Waals surface area contributed by atoms with Gasteiger partial charge in [-0.25, -0.2) is 0 Å². The van der Waals surface area contributed by atoms with E-state index in [4.69, 9.17) is 5.11 Å². The van der Waals surface area contributed by atoms with Gasteiger partial charge in [-0.3, -0.25) is 9.80 Å². The summed E-state index contributed by atoms with van der Waals surface area (Å²) in [7, 11) is 0. The summed E-state index contributed by atoms with van der Waals surface area (Å²) in [6, 6.07) is 2.99. The summed E-state index contributed by atoms with van der Waals surface area (Å²) in [5.41, 5.74) is 0. The van der Waals surface area contributed by atoms with Gasteiger partial charge in [0.15, 0.2) is 0 Å². The summed E-state index contributed by atoms with van der Waals surface area (Å²) in [6.45, 7) is 7.63. The molecule has 3 unspecified atom stereocenters. The largest absolute Gasteiger partial charge is 0.395 e. The lowest BCUT2D eigenvalue weighted by atomic mass is 9.79. The molecule has 2 aliphatic rings. The first-order chi connectivity index (χ1) is 9.24. The van der Waals surface area contributed by atoms with Gasteiger partial charge in [0.05, 0.1) is 18.6 Å². The molecule has 1 aliphatic carbocycles. The summed E-state index contributed by atoms with van der Waals surface area (Å²) >= 11 is 0. The van der Waals surface area contributed by atoms with Crippen LogP contribution in [-0.2, 0) is 0 Å². The first-order valence-electron chi connectivity index (χ1n) is 7.71. The van der Waals surface area contributed by atoms with Gasteiger partial charge >= 0.3 is 0 Å². The van der Waals surface area contributed by atoms with Gasteiger partial charge in [0.1, 0.15) is 0 Å². The zero-order valence-corrected chi connectivity index (χ0v) is 12.1. The fraction of sp³-hybridized carbons (Fsp3) is 0.933. The highest BCUT2D eigenvalue weighted by atomic mass is 16.3. The molecule has 0 bridgehead atoms. The summed E-state index contributed by atoms with van der Waals surface area (Å²) in [5, 5.41) is 18.4. The van der Waals surface area contributed by atoms with Crippen LogP contribution >= 0.6 is 0 Å². The lowest BCUT2D eigenvalue weighted by Crippen LogP contribution is -2.45. The molecular weight excluding hydrogens is 238 g/mol. The lowest BCUT2D eigenvalue weighted by molar-refractivity contribution is 0.107. The van der Waals surface area contributed by atoms with Gasteiger partial charge in [-0.05, 0) is 44.7 Å². The third kappa shape index (κ3) is 3.92. The van der Waals surface area contributed by atoms with Crippen molar-refractivity contribution in [3.8, 4) is 6.07 Å². The van der Waals surface area contributed by atoms with Crippen LogP contribution in [-0.4, -0.2) is 60.3 Å². The number of hydrogen-bond donors (Lipinski definition) is 1. The zero-order chi connectivity index (χ0) is 13.7. The van der Waals surface area contributed by atoms with Crippen molar-refractivity contribution in [3.05, 3.63) is 0 Å². The SMILES string of the molecule is CC1CCC(C#N)C(N2CCCN(CCO)CC2)C1. The third-order valence-electron chi connectivity index (χ3n) is 4.75. The lowest BCUT2D eigenvalue weighted by Gasteiger charge is -2.39. The topological polar surface area (TPSA) is 50.5 Å². The second-order valence-corrected chi connectivity index (χ2v) is 6.18. The highest BCUT2D eigenvalue weighted by molar-refractivity contribution is 4.97. The van der Waals surface area contributed by atoms with E-state index in [1.807, 2.05) is 0 Å². The first-order valence-corrected chi connectivity index (χ1v) is 7.71. The van der Waals surface area contributed by atoms with Gasteiger partial charge in [-0.2, -0.15) is 5.26 Å². The quantitative estimate of drug-likeness (QED) is 0.836. The van der Waals surface area contributed by atoms with Crippen molar-refractivity contribution in [1.29, 1.82) is 5.26 Å². The Morgan fingerprint density at radius 2 is 2.05 bits per heavy atom. The average Bonchev–Trinajstić information content (AvgIpc) is 2.65. The summed E-state index contributed by atoms with van der Waals surface area (Å²) in [5.74, 6) is 0.979. The van der Waals surface area contributed by atoms with Crippen LogP contribution in [0.3, 0.4) is 0 Å². The van der Waals surface area contributed by atoms with E-state index in [9.17, 15) is 5.26 Å². The number of nitrogens with zero attached hydrogens (tertiary/aromatic N) is 3. The van der Waals surface area contributed by atoms with Crippen LogP contribution in [0, 0.1) is 23.2 Å². The molecule has 1 heterocycles. The molecule has 19 heavy (non-hydrogen) atoms. The van der Waals surface area contributed by atoms with Crippen LogP contribution in [0.4, 0.5) is 0 Å². The van der Waals surface area contributed by atoms with E-state index in [1.54, 1.807) is 0 Å². The fourth-order valence-electron chi connectivity index (χ4n) is 3.59. The Kier molecular flexibility index (Phi) is 5.62. The maximum absolute atomic E-state index is 9.36. The van der Waals surface area contributed by atoms with Crippen LogP contribution in [0.25, 0.3) is 0 Å². The van der Waals surface area contributed by atoms with Crippen molar-refractivity contribution in [2.75, 3.05) is 39.3 Å². The standard InChI is InChI=1S/C15H27N3O/c1-13-3-4-14(12-16)15(11-13)18-6-2-5-17(7-8-18)9-10-19/h13-15,19H,2-11H2,1H3. The Morgan fingerprint density at radius 1 is 1.21 bits per heavy atom. The van der Waals surface area contributed by atoms with Crippen LogP contribution in [0.15, 0.2) is 0 Å². The highest BCUT2D eigenvalue weighted by Gasteiger charge is 2.33. The minimum Gasteiger partial charge on any atom is -0.395 e. The highest BCUT2D eigenvalue weighted by Crippen LogP contribution is 2.32. The molecule has 2 rings (SSSR count). The molecule has 0 aromatic heterocycles. The molecule has 108 valence electrons. The Hall–Kier alpha value is -0.630. The van der Waals surface area contributed by atoms with E-state index in [0.29, 0.717) is 6.04 Å². The first kappa shape index (κ1) is 14.8. The minimum atomic E-state index is 0.223. The van der Waals surface area contributed by atoms with E-state index >= 15 is 0 Å². The summed E-state index contributed by atoms with van der Waals surface area (Å²) in [6.07, 6.45) is 4.61. The Balaban J connectivity index is 1.94. The van der Waals surface area contributed by atoms with E-state index in [-0.39, 0.29) is 12.5 Å². The molecule has 3 atom stereocenters. The maximum Gasteiger partial charge on any atom is 0.0672 e. The van der Waals surface area contributed by atoms with Crippen LogP contribution in [0.1, 0.15) is 32.6 Å². The maximum atomic E-state index is 9.36. The number of β-amino-alcohol motifs (C(OH)–C–C–N with tert-alkyl or cyclic N) is 1. The molecular formula is C15H27N3O. The van der Waals surface area contributed by atoms with Crippen molar-refractivity contribution in [2.24, 2.45) is 11.8 Å². The summed E-state index contributed by atoms with van der Waals surface area (Å²) < 4.78 is 0. The average molecular weight is 265 g/mol. The monoisotopic (exact) mass is 265 g/mol. The molecule has 1 aliphatic heterocycles. The molecule has 0 aromatic rings. The minimum absolute atomic E-state index is 0.223. The van der Waals surface area contributed by atoms with Crippen molar-refractivity contribution >= 4 is 0 Å². The van der Waals surface area contributed by atoms with Crippen LogP contribution in [0.2, 0.25) is 0 Å². The van der Waals surface area contributed by atoms with E-state index in [0.717, 1.165) is 51.5 Å². The molecule has 0 amide bonds. The van der Waals surface area contributed by atoms with E-state index in [1.165, 1.54) is 12.8 Å². The van der Waals surface area contributed by atoms with Crippen molar-refractivity contribution in [3.63, 3.8) is 0 Å². The summed E-state index contributed by atoms with van der Waals surface area (Å²) in [4.78, 5) is 4.88. The normalized spacial score (nSPS) is 34.7. The molecule has 0 radical (unpaired) electrons. The second-order valence-electron chi connectivity index (χ2n) is 6.18. The van der Waals surface area contributed by atoms with Crippen LogP contribution < -0.4 is 0 Å².